The fourth-order valence-electron chi connectivity index (χ4n) is 4.54. The van der Waals surface area contributed by atoms with E-state index in [1.54, 1.807) is 0 Å². The first-order valence-corrected chi connectivity index (χ1v) is 10.5. The van der Waals surface area contributed by atoms with Crippen LogP contribution in [0.2, 0.25) is 5.02 Å². The van der Waals surface area contributed by atoms with Gasteiger partial charge in [-0.1, -0.05) is 29.8 Å². The summed E-state index contributed by atoms with van der Waals surface area (Å²) in [4.78, 5) is 11.7. The zero-order valence-electron chi connectivity index (χ0n) is 16.6. The molecule has 2 atom stereocenters. The Kier molecular flexibility index (Phi) is 4.47. The minimum Gasteiger partial charge on any atom is -0.490 e. The maximum absolute atomic E-state index is 11.7. The Bertz CT molecular complexity index is 1160. The fraction of sp³-hybridized carbons (Fsp3) is 0.333. The van der Waals surface area contributed by atoms with Gasteiger partial charge in [-0.05, 0) is 53.8 Å². The number of ether oxygens (including phenoxy) is 1. The number of aryl methyl sites for hydroxylation is 1. The standard InChI is InChI=1S/C24H23ClN2O2/c1-14(15-6-7-19(28)9-15)29-24-12-18(11-23-21(24)13-27(2)26-23)17-8-16-4-3-5-22(25)20(16)10-17/h3-5,8,11-15H,6-7,9-10H2,1-2H3/t14-,15+/m1/s1. The van der Waals surface area contributed by atoms with Crippen molar-refractivity contribution in [3.05, 3.63) is 58.2 Å². The average molecular weight is 407 g/mol. The van der Waals surface area contributed by atoms with E-state index < -0.39 is 0 Å². The summed E-state index contributed by atoms with van der Waals surface area (Å²) in [6.07, 6.45) is 7.20. The first kappa shape index (κ1) is 18.4. The second-order valence-corrected chi connectivity index (χ2v) is 8.64. The van der Waals surface area contributed by atoms with Crippen LogP contribution in [0.25, 0.3) is 22.6 Å². The Morgan fingerprint density at radius 2 is 2.17 bits per heavy atom. The van der Waals surface area contributed by atoms with E-state index in [4.69, 9.17) is 16.3 Å². The van der Waals surface area contributed by atoms with Gasteiger partial charge in [0.25, 0.3) is 0 Å². The van der Waals surface area contributed by atoms with E-state index in [9.17, 15) is 4.79 Å². The van der Waals surface area contributed by atoms with E-state index in [1.165, 1.54) is 16.7 Å². The fourth-order valence-corrected chi connectivity index (χ4v) is 4.79. The zero-order chi connectivity index (χ0) is 20.1. The Labute approximate surface area is 175 Å². The molecule has 2 aliphatic carbocycles. The summed E-state index contributed by atoms with van der Waals surface area (Å²) in [6.45, 7) is 2.07. The van der Waals surface area contributed by atoms with Crippen LogP contribution in [0.4, 0.5) is 0 Å². The van der Waals surface area contributed by atoms with Crippen molar-refractivity contribution in [1.29, 1.82) is 0 Å². The molecule has 0 radical (unpaired) electrons. The van der Waals surface area contributed by atoms with E-state index in [0.29, 0.717) is 18.6 Å². The van der Waals surface area contributed by atoms with E-state index >= 15 is 0 Å². The van der Waals surface area contributed by atoms with Crippen LogP contribution < -0.4 is 4.74 Å². The van der Waals surface area contributed by atoms with Crippen molar-refractivity contribution >= 4 is 39.9 Å². The quantitative estimate of drug-likeness (QED) is 0.577. The van der Waals surface area contributed by atoms with Crippen molar-refractivity contribution in [3.63, 3.8) is 0 Å². The summed E-state index contributed by atoms with van der Waals surface area (Å²) in [5.41, 5.74) is 5.58. The van der Waals surface area contributed by atoms with Gasteiger partial charge in [-0.25, -0.2) is 0 Å². The Hall–Kier alpha value is -2.59. The van der Waals surface area contributed by atoms with Gasteiger partial charge in [-0.2, -0.15) is 5.10 Å². The molecule has 1 aromatic heterocycles. The molecule has 3 aromatic rings. The predicted octanol–water partition coefficient (Wildman–Crippen LogP) is 5.46. The van der Waals surface area contributed by atoms with Gasteiger partial charge in [0.1, 0.15) is 11.5 Å². The lowest BCUT2D eigenvalue weighted by Gasteiger charge is -2.21. The van der Waals surface area contributed by atoms with E-state index in [1.807, 2.05) is 30.1 Å². The minimum atomic E-state index is -0.00990. The monoisotopic (exact) mass is 406 g/mol. The molecule has 0 spiro atoms. The number of hydrogen-bond donors (Lipinski definition) is 0. The summed E-state index contributed by atoms with van der Waals surface area (Å²) < 4.78 is 8.23. The molecule has 2 aromatic carbocycles. The smallest absolute Gasteiger partial charge is 0.133 e. The first-order valence-electron chi connectivity index (χ1n) is 10.1. The number of rotatable bonds is 4. The molecule has 0 saturated heterocycles. The Morgan fingerprint density at radius 1 is 1.31 bits per heavy atom. The van der Waals surface area contributed by atoms with Gasteiger partial charge in [0, 0.05) is 43.4 Å². The van der Waals surface area contributed by atoms with Crippen LogP contribution in [0, 0.1) is 5.92 Å². The molecule has 4 nitrogen and oxygen atoms in total. The van der Waals surface area contributed by atoms with Crippen molar-refractivity contribution in [2.24, 2.45) is 13.0 Å². The van der Waals surface area contributed by atoms with E-state index in [2.05, 4.69) is 36.3 Å². The average Bonchev–Trinajstić information content (AvgIpc) is 3.39. The van der Waals surface area contributed by atoms with Crippen LogP contribution in [-0.2, 0) is 18.3 Å². The third-order valence-electron chi connectivity index (χ3n) is 6.19. The number of benzene rings is 2. The van der Waals surface area contributed by atoms with Gasteiger partial charge in [0.2, 0.25) is 0 Å². The van der Waals surface area contributed by atoms with Gasteiger partial charge >= 0.3 is 0 Å². The van der Waals surface area contributed by atoms with Crippen molar-refractivity contribution in [2.75, 3.05) is 0 Å². The normalized spacial score (nSPS) is 19.5. The number of allylic oxidation sites excluding steroid dienone is 1. The third kappa shape index (κ3) is 3.36. The van der Waals surface area contributed by atoms with Crippen LogP contribution in [0.1, 0.15) is 42.9 Å². The van der Waals surface area contributed by atoms with Crippen LogP contribution in [-0.4, -0.2) is 21.7 Å². The van der Waals surface area contributed by atoms with Crippen LogP contribution in [0.15, 0.2) is 36.5 Å². The maximum Gasteiger partial charge on any atom is 0.133 e. The van der Waals surface area contributed by atoms with Gasteiger partial charge in [0.05, 0.1) is 17.0 Å². The van der Waals surface area contributed by atoms with Crippen LogP contribution in [0.5, 0.6) is 5.75 Å². The number of aromatic nitrogens is 2. The molecule has 148 valence electrons. The largest absolute Gasteiger partial charge is 0.490 e. The SMILES string of the molecule is C[C@@H](Oc1cc(C2=Cc3cccc(Cl)c3C2)cc2nn(C)cc12)[C@H]1CCC(=O)C1. The molecule has 5 rings (SSSR count). The molecule has 2 aliphatic rings. The van der Waals surface area contributed by atoms with Crippen molar-refractivity contribution < 1.29 is 9.53 Å². The lowest BCUT2D eigenvalue weighted by molar-refractivity contribution is -0.117. The lowest BCUT2D eigenvalue weighted by atomic mass is 10.0. The number of nitrogens with zero attached hydrogens (tertiary/aromatic N) is 2. The summed E-state index contributed by atoms with van der Waals surface area (Å²) >= 11 is 6.40. The maximum atomic E-state index is 11.7. The summed E-state index contributed by atoms with van der Waals surface area (Å²) in [7, 11) is 1.92. The highest BCUT2D eigenvalue weighted by Crippen LogP contribution is 2.39. The van der Waals surface area contributed by atoms with Crippen molar-refractivity contribution in [3.8, 4) is 5.75 Å². The molecule has 5 heteroatoms. The number of ketones is 1. The highest BCUT2D eigenvalue weighted by Gasteiger charge is 2.29. The minimum absolute atomic E-state index is 0.00990. The summed E-state index contributed by atoms with van der Waals surface area (Å²) in [5, 5.41) is 6.43. The molecule has 0 aliphatic heterocycles. The molecular formula is C24H23ClN2O2. The highest BCUT2D eigenvalue weighted by molar-refractivity contribution is 6.32. The number of carbonyl (C=O) groups is 1. The van der Waals surface area contributed by atoms with Crippen LogP contribution >= 0.6 is 11.6 Å². The molecular weight excluding hydrogens is 384 g/mol. The van der Waals surface area contributed by atoms with Gasteiger partial charge in [0.15, 0.2) is 0 Å². The van der Waals surface area contributed by atoms with Gasteiger partial charge in [-0.3, -0.25) is 9.48 Å². The highest BCUT2D eigenvalue weighted by atomic mass is 35.5. The molecule has 1 saturated carbocycles. The number of hydrogen-bond acceptors (Lipinski definition) is 3. The molecule has 29 heavy (non-hydrogen) atoms. The molecule has 0 bridgehead atoms. The zero-order valence-corrected chi connectivity index (χ0v) is 17.4. The molecule has 0 amide bonds. The second kappa shape index (κ2) is 7.03. The van der Waals surface area contributed by atoms with Gasteiger partial charge in [-0.15, -0.1) is 0 Å². The van der Waals surface area contributed by atoms with Gasteiger partial charge < -0.3 is 4.74 Å². The summed E-state index contributed by atoms with van der Waals surface area (Å²) in [6, 6.07) is 10.3. The van der Waals surface area contributed by atoms with Crippen molar-refractivity contribution in [1.82, 2.24) is 9.78 Å². The number of Topliss-reactive ketones (excluding diaryl/α,β-unsaturated/α-hetero) is 1. The first-order chi connectivity index (χ1) is 14.0. The third-order valence-corrected chi connectivity index (χ3v) is 6.54. The molecule has 1 heterocycles. The second-order valence-electron chi connectivity index (χ2n) is 8.23. The summed E-state index contributed by atoms with van der Waals surface area (Å²) in [5.74, 6) is 1.46. The number of carbonyl (C=O) groups excluding carboxylic acids is 1. The van der Waals surface area contributed by atoms with Crippen molar-refractivity contribution in [2.45, 2.75) is 38.7 Å². The van der Waals surface area contributed by atoms with E-state index in [-0.39, 0.29) is 12.0 Å². The number of fused-ring (bicyclic) bond motifs is 2. The number of halogens is 1. The Balaban J connectivity index is 1.51. The lowest BCUT2D eigenvalue weighted by Crippen LogP contribution is -2.21. The topological polar surface area (TPSA) is 44.1 Å². The molecule has 0 unspecified atom stereocenters. The predicted molar refractivity (Wildman–Crippen MR) is 116 cm³/mol. The molecule has 0 N–H and O–H groups in total. The van der Waals surface area contributed by atoms with E-state index in [0.717, 1.165) is 40.1 Å². The molecule has 1 fully saturated rings. The van der Waals surface area contributed by atoms with Crippen LogP contribution in [0.3, 0.4) is 0 Å². The Morgan fingerprint density at radius 3 is 2.93 bits per heavy atom.